The van der Waals surface area contributed by atoms with Crippen molar-refractivity contribution < 1.29 is 9.53 Å². The molecule has 0 aliphatic heterocycles. The van der Waals surface area contributed by atoms with Crippen molar-refractivity contribution in [2.24, 2.45) is 0 Å². The molecular weight excluding hydrogens is 290 g/mol. The number of carbonyl (C=O) groups is 1. The van der Waals surface area contributed by atoms with Crippen LogP contribution in [-0.2, 0) is 16.0 Å². The van der Waals surface area contributed by atoms with Crippen LogP contribution in [0, 0.1) is 0 Å². The van der Waals surface area contributed by atoms with Crippen LogP contribution in [0.25, 0.3) is 0 Å². The van der Waals surface area contributed by atoms with Gasteiger partial charge in [-0.3, -0.25) is 4.79 Å². The maximum atomic E-state index is 11.7. The summed E-state index contributed by atoms with van der Waals surface area (Å²) >= 11 is 4.96. The third kappa shape index (κ3) is 4.63. The van der Waals surface area contributed by atoms with E-state index in [1.54, 1.807) is 18.4 Å². The monoisotopic (exact) mass is 305 g/mol. The molecule has 0 atom stereocenters. The quantitative estimate of drug-likeness (QED) is 0.908. The average molecular weight is 306 g/mol. The number of methoxy groups -OCH3 is 1. The summed E-state index contributed by atoms with van der Waals surface area (Å²) in [6.45, 7) is 4.39. The van der Waals surface area contributed by atoms with Gasteiger partial charge in [0.2, 0.25) is 5.91 Å². The molecule has 1 aromatic rings. The Morgan fingerprint density at radius 1 is 1.56 bits per heavy atom. The van der Waals surface area contributed by atoms with Crippen LogP contribution < -0.4 is 5.32 Å². The van der Waals surface area contributed by atoms with E-state index in [0.29, 0.717) is 13.0 Å². The summed E-state index contributed by atoms with van der Waals surface area (Å²) in [6, 6.07) is 3.91. The molecule has 1 amide bonds. The smallest absolute Gasteiger partial charge is 0.225 e. The summed E-state index contributed by atoms with van der Waals surface area (Å²) in [5.74, 6) is 0.0244. The summed E-state index contributed by atoms with van der Waals surface area (Å²) < 4.78 is 6.09. The largest absolute Gasteiger partial charge is 0.382 e. The minimum Gasteiger partial charge on any atom is -0.382 e. The minimum absolute atomic E-state index is 0.0244. The summed E-state index contributed by atoms with van der Waals surface area (Å²) in [6.07, 6.45) is 0.420. The highest BCUT2D eigenvalue weighted by molar-refractivity contribution is 9.11. The van der Waals surface area contributed by atoms with Crippen molar-refractivity contribution in [2.45, 2.75) is 25.8 Å². The number of rotatable bonds is 5. The highest BCUT2D eigenvalue weighted by Gasteiger charge is 2.20. The lowest BCUT2D eigenvalue weighted by molar-refractivity contribution is -0.122. The number of hydrogen-bond acceptors (Lipinski definition) is 3. The van der Waals surface area contributed by atoms with Gasteiger partial charge >= 0.3 is 0 Å². The predicted octanol–water partition coefficient (Wildman–Crippen LogP) is 2.59. The van der Waals surface area contributed by atoms with E-state index in [-0.39, 0.29) is 11.4 Å². The van der Waals surface area contributed by atoms with Crippen LogP contribution >= 0.6 is 27.3 Å². The molecule has 0 bridgehead atoms. The average Bonchev–Trinajstić information content (AvgIpc) is 2.49. The summed E-state index contributed by atoms with van der Waals surface area (Å²) in [5, 5.41) is 2.94. The summed E-state index contributed by atoms with van der Waals surface area (Å²) in [7, 11) is 1.63. The Balaban J connectivity index is 2.47. The number of halogens is 1. The van der Waals surface area contributed by atoms with Crippen LogP contribution in [0.15, 0.2) is 15.9 Å². The molecule has 90 valence electrons. The number of hydrogen-bond donors (Lipinski definition) is 1. The van der Waals surface area contributed by atoms with Crippen molar-refractivity contribution in [3.05, 3.63) is 20.8 Å². The first-order valence-electron chi connectivity index (χ1n) is 4.97. The van der Waals surface area contributed by atoms with E-state index >= 15 is 0 Å². The van der Waals surface area contributed by atoms with Gasteiger partial charge in [0, 0.05) is 12.0 Å². The highest BCUT2D eigenvalue weighted by atomic mass is 79.9. The molecule has 0 fully saturated rings. The zero-order chi connectivity index (χ0) is 12.2. The maximum absolute atomic E-state index is 11.7. The number of thiophene rings is 1. The molecule has 1 heterocycles. The second kappa shape index (κ2) is 5.80. The third-order valence-electron chi connectivity index (χ3n) is 1.95. The first-order valence-corrected chi connectivity index (χ1v) is 6.58. The van der Waals surface area contributed by atoms with Gasteiger partial charge in [-0.2, -0.15) is 0 Å². The Morgan fingerprint density at radius 3 is 2.75 bits per heavy atom. The standard InChI is InChI=1S/C11H16BrNO2S/c1-11(2,7-15-3)13-10(14)6-8-4-5-9(12)16-8/h4-5H,6-7H2,1-3H3,(H,13,14). The Labute approximate surface area is 108 Å². The molecular formula is C11H16BrNO2S. The molecule has 0 aliphatic rings. The Morgan fingerprint density at radius 2 is 2.25 bits per heavy atom. The first kappa shape index (κ1) is 13.7. The molecule has 5 heteroatoms. The fourth-order valence-electron chi connectivity index (χ4n) is 1.42. The van der Waals surface area contributed by atoms with Gasteiger partial charge in [0.15, 0.2) is 0 Å². The number of ether oxygens (including phenoxy) is 1. The Bertz CT molecular complexity index is 363. The van der Waals surface area contributed by atoms with E-state index in [9.17, 15) is 4.79 Å². The van der Waals surface area contributed by atoms with Crippen molar-refractivity contribution in [1.29, 1.82) is 0 Å². The first-order chi connectivity index (χ1) is 7.43. The second-order valence-electron chi connectivity index (χ2n) is 4.25. The van der Waals surface area contributed by atoms with Crippen molar-refractivity contribution in [3.63, 3.8) is 0 Å². The van der Waals surface area contributed by atoms with Crippen LogP contribution in [0.3, 0.4) is 0 Å². The van der Waals surface area contributed by atoms with E-state index in [0.717, 1.165) is 8.66 Å². The van der Waals surface area contributed by atoms with Gasteiger partial charge in [-0.25, -0.2) is 0 Å². The van der Waals surface area contributed by atoms with E-state index in [1.165, 1.54) is 0 Å². The molecule has 0 spiro atoms. The van der Waals surface area contributed by atoms with Gasteiger partial charge in [-0.15, -0.1) is 11.3 Å². The predicted molar refractivity (Wildman–Crippen MR) is 69.8 cm³/mol. The van der Waals surface area contributed by atoms with Crippen molar-refractivity contribution in [3.8, 4) is 0 Å². The molecule has 1 N–H and O–H groups in total. The normalized spacial score (nSPS) is 11.5. The van der Waals surface area contributed by atoms with Crippen LogP contribution in [0.4, 0.5) is 0 Å². The zero-order valence-corrected chi connectivity index (χ0v) is 12.1. The van der Waals surface area contributed by atoms with Gasteiger partial charge in [-0.1, -0.05) is 0 Å². The molecule has 1 aromatic heterocycles. The summed E-state index contributed by atoms with van der Waals surface area (Å²) in [5.41, 5.74) is -0.319. The van der Waals surface area contributed by atoms with Crippen LogP contribution in [0.1, 0.15) is 18.7 Å². The number of amides is 1. The molecule has 0 aromatic carbocycles. The van der Waals surface area contributed by atoms with Gasteiger partial charge < -0.3 is 10.1 Å². The van der Waals surface area contributed by atoms with E-state index < -0.39 is 0 Å². The molecule has 0 saturated heterocycles. The molecule has 16 heavy (non-hydrogen) atoms. The maximum Gasteiger partial charge on any atom is 0.225 e. The lowest BCUT2D eigenvalue weighted by atomic mass is 10.1. The molecule has 0 radical (unpaired) electrons. The topological polar surface area (TPSA) is 38.3 Å². The summed E-state index contributed by atoms with van der Waals surface area (Å²) in [4.78, 5) is 12.8. The second-order valence-corrected chi connectivity index (χ2v) is 6.80. The van der Waals surface area contributed by atoms with E-state index in [4.69, 9.17) is 4.74 Å². The van der Waals surface area contributed by atoms with Crippen molar-refractivity contribution in [1.82, 2.24) is 5.32 Å². The van der Waals surface area contributed by atoms with E-state index in [2.05, 4.69) is 21.2 Å². The number of carbonyl (C=O) groups excluding carboxylic acids is 1. The van der Waals surface area contributed by atoms with Crippen molar-refractivity contribution in [2.75, 3.05) is 13.7 Å². The van der Waals surface area contributed by atoms with Crippen LogP contribution in [0.2, 0.25) is 0 Å². The fourth-order valence-corrected chi connectivity index (χ4v) is 2.91. The van der Waals surface area contributed by atoms with Gasteiger partial charge in [-0.05, 0) is 41.9 Å². The molecule has 0 saturated carbocycles. The Kier molecular flexibility index (Phi) is 4.95. The Hall–Kier alpha value is -0.390. The van der Waals surface area contributed by atoms with Gasteiger partial charge in [0.25, 0.3) is 0 Å². The lowest BCUT2D eigenvalue weighted by Gasteiger charge is -2.25. The van der Waals surface area contributed by atoms with Crippen LogP contribution in [0.5, 0.6) is 0 Å². The fraction of sp³-hybridized carbons (Fsp3) is 0.545. The molecule has 1 rings (SSSR count). The zero-order valence-electron chi connectivity index (χ0n) is 9.67. The van der Waals surface area contributed by atoms with Crippen molar-refractivity contribution >= 4 is 33.2 Å². The molecule has 0 unspecified atom stereocenters. The number of nitrogens with one attached hydrogen (secondary N) is 1. The van der Waals surface area contributed by atoms with Gasteiger partial charge in [0.05, 0.1) is 22.4 Å². The highest BCUT2D eigenvalue weighted by Crippen LogP contribution is 2.22. The molecule has 0 aliphatic carbocycles. The van der Waals surface area contributed by atoms with Crippen LogP contribution in [-0.4, -0.2) is 25.2 Å². The molecule has 3 nitrogen and oxygen atoms in total. The minimum atomic E-state index is -0.319. The van der Waals surface area contributed by atoms with Gasteiger partial charge in [0.1, 0.15) is 0 Å². The third-order valence-corrected chi connectivity index (χ3v) is 3.57. The lowest BCUT2D eigenvalue weighted by Crippen LogP contribution is -2.47. The van der Waals surface area contributed by atoms with E-state index in [1.807, 2.05) is 26.0 Å². The SMILES string of the molecule is COCC(C)(C)NC(=O)Cc1ccc(Br)s1.